The average molecular weight is 516 g/mol. The normalized spacial score (nSPS) is 21.7. The SMILES string of the molecule is CC(C)[C@@H]1NC(=O)[C@H](CCCN)NC(=O)CNC(=O)C[C@H](CCCCCCCc2ccccc2)NC1=O. The maximum absolute atomic E-state index is 13.1. The van der Waals surface area contributed by atoms with Crippen molar-refractivity contribution in [2.45, 2.75) is 96.2 Å². The molecule has 1 aliphatic heterocycles. The van der Waals surface area contributed by atoms with E-state index in [4.69, 9.17) is 5.73 Å². The van der Waals surface area contributed by atoms with Gasteiger partial charge in [-0.05, 0) is 50.1 Å². The second kappa shape index (κ2) is 16.7. The number of nitrogens with one attached hydrogen (secondary N) is 4. The number of rotatable bonds is 12. The summed E-state index contributed by atoms with van der Waals surface area (Å²) in [6.07, 6.45) is 7.95. The van der Waals surface area contributed by atoms with Crippen LogP contribution in [-0.4, -0.2) is 54.8 Å². The van der Waals surface area contributed by atoms with Gasteiger partial charge >= 0.3 is 0 Å². The summed E-state index contributed by atoms with van der Waals surface area (Å²) in [5.74, 6) is -1.65. The lowest BCUT2D eigenvalue weighted by Crippen LogP contribution is -2.56. The van der Waals surface area contributed by atoms with Crippen LogP contribution in [0.5, 0.6) is 0 Å². The highest BCUT2D eigenvalue weighted by Gasteiger charge is 2.30. The van der Waals surface area contributed by atoms with E-state index < -0.39 is 23.9 Å². The number of unbranched alkanes of at least 4 members (excludes halogenated alkanes) is 4. The fourth-order valence-electron chi connectivity index (χ4n) is 4.51. The Hall–Kier alpha value is -2.94. The minimum Gasteiger partial charge on any atom is -0.351 e. The predicted molar refractivity (Wildman–Crippen MR) is 144 cm³/mol. The predicted octanol–water partition coefficient (Wildman–Crippen LogP) is 1.94. The fourth-order valence-corrected chi connectivity index (χ4v) is 4.51. The maximum atomic E-state index is 13.1. The third-order valence-corrected chi connectivity index (χ3v) is 6.68. The molecule has 0 spiro atoms. The van der Waals surface area contributed by atoms with Gasteiger partial charge in [-0.2, -0.15) is 0 Å². The lowest BCUT2D eigenvalue weighted by atomic mass is 9.99. The number of amides is 4. The van der Waals surface area contributed by atoms with E-state index >= 15 is 0 Å². The molecule has 0 saturated carbocycles. The molecule has 1 aromatic carbocycles. The van der Waals surface area contributed by atoms with E-state index in [1.807, 2.05) is 19.9 Å². The summed E-state index contributed by atoms with van der Waals surface area (Å²) in [5.41, 5.74) is 6.93. The van der Waals surface area contributed by atoms with Crippen LogP contribution in [0.3, 0.4) is 0 Å². The van der Waals surface area contributed by atoms with Crippen LogP contribution in [0.15, 0.2) is 30.3 Å². The van der Waals surface area contributed by atoms with Crippen molar-refractivity contribution in [3.05, 3.63) is 35.9 Å². The monoisotopic (exact) mass is 515 g/mol. The second-order valence-electron chi connectivity index (χ2n) is 10.3. The summed E-state index contributed by atoms with van der Waals surface area (Å²) < 4.78 is 0. The van der Waals surface area contributed by atoms with Crippen molar-refractivity contribution < 1.29 is 19.2 Å². The maximum Gasteiger partial charge on any atom is 0.243 e. The summed E-state index contributed by atoms with van der Waals surface area (Å²) in [4.78, 5) is 51.0. The third kappa shape index (κ3) is 11.8. The van der Waals surface area contributed by atoms with Crippen molar-refractivity contribution >= 4 is 23.6 Å². The summed E-state index contributed by atoms with van der Waals surface area (Å²) in [5, 5.41) is 11.1. The minimum absolute atomic E-state index is 0.0857. The molecule has 9 nitrogen and oxygen atoms in total. The van der Waals surface area contributed by atoms with Crippen LogP contribution in [0.25, 0.3) is 0 Å². The molecule has 1 fully saturated rings. The van der Waals surface area contributed by atoms with Crippen LogP contribution in [0, 0.1) is 5.92 Å². The Kier molecular flexibility index (Phi) is 13.7. The van der Waals surface area contributed by atoms with Crippen LogP contribution in [0.2, 0.25) is 0 Å². The standard InChI is InChI=1S/C28H45N5O4/c1-20(2)26-28(37)31-22(15-10-5-3-4-7-12-21-13-8-6-9-14-21)18-24(34)30-19-25(35)32-23(16-11-17-29)27(36)33-26/h6,8-9,13-14,20,22-23,26H,3-5,7,10-12,15-19,29H2,1-2H3,(H,30,34)(H,31,37)(H,32,35)(H,33,36)/t22-,23-,26-/m0/s1. The van der Waals surface area contributed by atoms with Gasteiger partial charge in [0.2, 0.25) is 23.6 Å². The molecule has 4 amide bonds. The molecule has 37 heavy (non-hydrogen) atoms. The molecule has 206 valence electrons. The van der Waals surface area contributed by atoms with Crippen molar-refractivity contribution in [2.24, 2.45) is 11.7 Å². The number of hydrogen-bond acceptors (Lipinski definition) is 5. The highest BCUT2D eigenvalue weighted by Crippen LogP contribution is 2.13. The van der Waals surface area contributed by atoms with E-state index in [9.17, 15) is 19.2 Å². The molecule has 3 atom stereocenters. The molecule has 6 N–H and O–H groups in total. The van der Waals surface area contributed by atoms with Gasteiger partial charge in [0, 0.05) is 12.5 Å². The van der Waals surface area contributed by atoms with Gasteiger partial charge in [0.05, 0.1) is 6.54 Å². The zero-order valence-electron chi connectivity index (χ0n) is 22.4. The molecule has 1 heterocycles. The Morgan fingerprint density at radius 3 is 2.22 bits per heavy atom. The van der Waals surface area contributed by atoms with Gasteiger partial charge in [0.25, 0.3) is 0 Å². The van der Waals surface area contributed by atoms with E-state index in [2.05, 4.69) is 45.5 Å². The van der Waals surface area contributed by atoms with Gasteiger partial charge in [-0.25, -0.2) is 0 Å². The van der Waals surface area contributed by atoms with Gasteiger partial charge in [0.15, 0.2) is 0 Å². The first-order valence-electron chi connectivity index (χ1n) is 13.7. The Bertz CT molecular complexity index is 861. The molecular weight excluding hydrogens is 470 g/mol. The summed E-state index contributed by atoms with van der Waals surface area (Å²) >= 11 is 0. The van der Waals surface area contributed by atoms with Gasteiger partial charge in [0.1, 0.15) is 12.1 Å². The van der Waals surface area contributed by atoms with Gasteiger partial charge in [-0.3, -0.25) is 19.2 Å². The van der Waals surface area contributed by atoms with Gasteiger partial charge in [-0.15, -0.1) is 0 Å². The summed E-state index contributed by atoms with van der Waals surface area (Å²) in [6, 6.07) is 8.49. The first-order chi connectivity index (χ1) is 17.8. The average Bonchev–Trinajstić information content (AvgIpc) is 2.88. The minimum atomic E-state index is -0.819. The molecule has 1 aromatic rings. The molecular formula is C28H45N5O4. The summed E-state index contributed by atoms with van der Waals surface area (Å²) in [6.45, 7) is 3.86. The van der Waals surface area contributed by atoms with E-state index in [0.717, 1.165) is 38.5 Å². The number of hydrogen-bond donors (Lipinski definition) is 5. The fraction of sp³-hybridized carbons (Fsp3) is 0.643. The lowest BCUT2D eigenvalue weighted by molar-refractivity contribution is -0.133. The number of carbonyl (C=O) groups excluding carboxylic acids is 4. The number of carbonyl (C=O) groups is 4. The van der Waals surface area contributed by atoms with E-state index in [1.54, 1.807) is 0 Å². The van der Waals surface area contributed by atoms with Crippen LogP contribution in [-0.2, 0) is 25.6 Å². The molecule has 0 aromatic heterocycles. The first kappa shape index (κ1) is 30.3. The molecule has 0 bridgehead atoms. The van der Waals surface area contributed by atoms with Gasteiger partial charge < -0.3 is 27.0 Å². The van der Waals surface area contributed by atoms with Crippen LogP contribution >= 0.6 is 0 Å². The third-order valence-electron chi connectivity index (χ3n) is 6.68. The largest absolute Gasteiger partial charge is 0.351 e. The number of benzene rings is 1. The highest BCUT2D eigenvalue weighted by molar-refractivity contribution is 5.94. The Morgan fingerprint density at radius 1 is 0.811 bits per heavy atom. The Morgan fingerprint density at radius 2 is 1.51 bits per heavy atom. The van der Waals surface area contributed by atoms with Crippen LogP contribution < -0.4 is 27.0 Å². The van der Waals surface area contributed by atoms with Crippen molar-refractivity contribution in [3.8, 4) is 0 Å². The Balaban J connectivity index is 1.94. The zero-order chi connectivity index (χ0) is 27.0. The van der Waals surface area contributed by atoms with Crippen LogP contribution in [0.4, 0.5) is 0 Å². The first-order valence-corrected chi connectivity index (χ1v) is 13.7. The topological polar surface area (TPSA) is 142 Å². The summed E-state index contributed by atoms with van der Waals surface area (Å²) in [7, 11) is 0. The molecule has 1 aliphatic rings. The molecule has 0 radical (unpaired) electrons. The Labute approximate surface area is 221 Å². The molecule has 0 aliphatic carbocycles. The van der Waals surface area contributed by atoms with Crippen molar-refractivity contribution in [2.75, 3.05) is 13.1 Å². The second-order valence-corrected chi connectivity index (χ2v) is 10.3. The molecule has 9 heteroatoms. The van der Waals surface area contributed by atoms with E-state index in [1.165, 1.54) is 5.56 Å². The van der Waals surface area contributed by atoms with Crippen LogP contribution in [0.1, 0.15) is 77.2 Å². The molecule has 0 unspecified atom stereocenters. The number of aryl methyl sites for hydroxylation is 1. The van der Waals surface area contributed by atoms with Gasteiger partial charge in [-0.1, -0.05) is 69.9 Å². The zero-order valence-corrected chi connectivity index (χ0v) is 22.4. The van der Waals surface area contributed by atoms with E-state index in [0.29, 0.717) is 25.8 Å². The number of nitrogens with two attached hydrogens (primary N) is 1. The van der Waals surface area contributed by atoms with Crippen molar-refractivity contribution in [3.63, 3.8) is 0 Å². The van der Waals surface area contributed by atoms with E-state index in [-0.39, 0.29) is 36.7 Å². The molecule has 2 rings (SSSR count). The smallest absolute Gasteiger partial charge is 0.243 e. The lowest BCUT2D eigenvalue weighted by Gasteiger charge is -2.27. The molecule has 1 saturated heterocycles. The quantitative estimate of drug-likeness (QED) is 0.270. The van der Waals surface area contributed by atoms with Crippen molar-refractivity contribution in [1.29, 1.82) is 0 Å². The highest BCUT2D eigenvalue weighted by atomic mass is 16.2. The van der Waals surface area contributed by atoms with Crippen molar-refractivity contribution in [1.82, 2.24) is 21.3 Å².